The minimum absolute atomic E-state index is 0.123. The molecule has 10 heteroatoms. The number of carbonyl (C=O) groups excluding carboxylic acids is 1. The predicted molar refractivity (Wildman–Crippen MR) is 124 cm³/mol. The van der Waals surface area contributed by atoms with Gasteiger partial charge in [-0.05, 0) is 30.4 Å². The Bertz CT molecular complexity index is 1110. The number of nitrogens with two attached hydrogens (primary N) is 1. The van der Waals surface area contributed by atoms with Crippen LogP contribution in [0, 0.1) is 0 Å². The van der Waals surface area contributed by atoms with Crippen LogP contribution in [0.1, 0.15) is 55.2 Å². The Morgan fingerprint density at radius 2 is 2.00 bits per heavy atom. The van der Waals surface area contributed by atoms with Crippen molar-refractivity contribution in [3.8, 4) is 0 Å². The minimum Gasteiger partial charge on any atom is -0.355 e. The van der Waals surface area contributed by atoms with E-state index in [1.165, 1.54) is 0 Å². The molecule has 4 rings (SSSR count). The monoisotopic (exact) mass is 437 g/mol. The SMILES string of the molecule is CNC(=O)c1cccnc1CNc1nc(N2CCC(N)CC2)nc2c(C(C)(C)C)cnn12. The molecule has 0 atom stereocenters. The number of piperidine rings is 1. The summed E-state index contributed by atoms with van der Waals surface area (Å²) in [5.41, 5.74) is 8.93. The fourth-order valence-corrected chi connectivity index (χ4v) is 3.83. The molecule has 0 unspecified atom stereocenters. The summed E-state index contributed by atoms with van der Waals surface area (Å²) in [5.74, 6) is 1.04. The summed E-state index contributed by atoms with van der Waals surface area (Å²) in [7, 11) is 1.61. The van der Waals surface area contributed by atoms with Gasteiger partial charge in [0.2, 0.25) is 11.9 Å². The zero-order chi connectivity index (χ0) is 22.9. The second-order valence-corrected chi connectivity index (χ2v) is 9.15. The van der Waals surface area contributed by atoms with E-state index in [4.69, 9.17) is 15.7 Å². The first-order valence-electron chi connectivity index (χ1n) is 10.9. The van der Waals surface area contributed by atoms with Crippen molar-refractivity contribution in [3.05, 3.63) is 41.3 Å². The minimum atomic E-state index is -0.179. The highest BCUT2D eigenvalue weighted by Crippen LogP contribution is 2.28. The van der Waals surface area contributed by atoms with E-state index < -0.39 is 0 Å². The zero-order valence-corrected chi connectivity index (χ0v) is 19.1. The third kappa shape index (κ3) is 4.36. The number of aromatic nitrogens is 5. The molecule has 0 saturated carbocycles. The number of fused-ring (bicyclic) bond motifs is 1. The zero-order valence-electron chi connectivity index (χ0n) is 19.1. The van der Waals surface area contributed by atoms with Gasteiger partial charge >= 0.3 is 0 Å². The Morgan fingerprint density at radius 1 is 1.25 bits per heavy atom. The van der Waals surface area contributed by atoms with E-state index in [2.05, 4.69) is 46.4 Å². The second kappa shape index (κ2) is 8.70. The number of amides is 1. The smallest absolute Gasteiger partial charge is 0.252 e. The van der Waals surface area contributed by atoms with Crippen LogP contribution >= 0.6 is 0 Å². The molecule has 0 spiro atoms. The molecular formula is C22H31N9O. The lowest BCUT2D eigenvalue weighted by atomic mass is 9.89. The molecule has 170 valence electrons. The van der Waals surface area contributed by atoms with Crippen LogP contribution in [0.25, 0.3) is 5.65 Å². The van der Waals surface area contributed by atoms with Gasteiger partial charge in [0.05, 0.1) is 24.0 Å². The van der Waals surface area contributed by atoms with Crippen molar-refractivity contribution in [2.45, 2.75) is 51.6 Å². The molecular weight excluding hydrogens is 406 g/mol. The van der Waals surface area contributed by atoms with Gasteiger partial charge in [0, 0.05) is 37.9 Å². The van der Waals surface area contributed by atoms with E-state index in [1.54, 1.807) is 29.9 Å². The Kier molecular flexibility index (Phi) is 5.96. The highest BCUT2D eigenvalue weighted by Gasteiger charge is 2.25. The molecule has 1 saturated heterocycles. The maximum absolute atomic E-state index is 12.2. The third-order valence-electron chi connectivity index (χ3n) is 5.76. The van der Waals surface area contributed by atoms with Gasteiger partial charge in [-0.15, -0.1) is 0 Å². The summed E-state index contributed by atoms with van der Waals surface area (Å²) in [6.45, 7) is 8.38. The van der Waals surface area contributed by atoms with Crippen molar-refractivity contribution >= 4 is 23.5 Å². The molecule has 3 aromatic rings. The quantitative estimate of drug-likeness (QED) is 0.551. The van der Waals surface area contributed by atoms with Gasteiger partial charge in [0.1, 0.15) is 0 Å². The number of carbonyl (C=O) groups is 1. The summed E-state index contributed by atoms with van der Waals surface area (Å²) in [5, 5.41) is 10.6. The largest absolute Gasteiger partial charge is 0.355 e. The molecule has 0 radical (unpaired) electrons. The fourth-order valence-electron chi connectivity index (χ4n) is 3.83. The maximum atomic E-state index is 12.2. The number of anilines is 2. The summed E-state index contributed by atoms with van der Waals surface area (Å²) < 4.78 is 1.72. The van der Waals surface area contributed by atoms with E-state index in [0.717, 1.165) is 37.1 Å². The van der Waals surface area contributed by atoms with Crippen LogP contribution in [-0.2, 0) is 12.0 Å². The standard InChI is InChI=1S/C22H31N9O/c1-22(2,3)16-12-27-31-18(16)28-21(30-10-7-14(23)8-11-30)29-20(31)26-13-17-15(19(32)24-4)6-5-9-25-17/h5-6,9,12,14H,7-8,10-11,13,23H2,1-4H3,(H,24,32)(H,26,28,29). The number of pyridine rings is 1. The summed E-state index contributed by atoms with van der Waals surface area (Å²) in [6, 6.07) is 3.73. The number of rotatable bonds is 5. The fraction of sp³-hybridized carbons (Fsp3) is 0.500. The molecule has 1 aliphatic heterocycles. The van der Waals surface area contributed by atoms with Crippen LogP contribution in [0.3, 0.4) is 0 Å². The molecule has 10 nitrogen and oxygen atoms in total. The van der Waals surface area contributed by atoms with Gasteiger partial charge < -0.3 is 21.3 Å². The number of hydrogen-bond donors (Lipinski definition) is 3. The normalized spacial score (nSPS) is 15.2. The molecule has 3 aromatic heterocycles. The van der Waals surface area contributed by atoms with Gasteiger partial charge in [-0.3, -0.25) is 9.78 Å². The molecule has 4 heterocycles. The first kappa shape index (κ1) is 21.9. The van der Waals surface area contributed by atoms with Crippen LogP contribution in [0.2, 0.25) is 0 Å². The number of nitrogens with zero attached hydrogens (tertiary/aromatic N) is 6. The van der Waals surface area contributed by atoms with Gasteiger partial charge in [-0.1, -0.05) is 20.8 Å². The Labute approximate surface area is 187 Å². The van der Waals surface area contributed by atoms with Crippen LogP contribution in [0.4, 0.5) is 11.9 Å². The van der Waals surface area contributed by atoms with Gasteiger partial charge in [0.15, 0.2) is 5.65 Å². The molecule has 4 N–H and O–H groups in total. The molecule has 32 heavy (non-hydrogen) atoms. The van der Waals surface area contributed by atoms with E-state index in [1.807, 2.05) is 6.20 Å². The van der Waals surface area contributed by atoms with E-state index >= 15 is 0 Å². The van der Waals surface area contributed by atoms with Crippen molar-refractivity contribution in [2.75, 3.05) is 30.4 Å². The van der Waals surface area contributed by atoms with Crippen molar-refractivity contribution in [1.29, 1.82) is 0 Å². The van der Waals surface area contributed by atoms with Crippen molar-refractivity contribution in [3.63, 3.8) is 0 Å². The lowest BCUT2D eigenvalue weighted by molar-refractivity contribution is 0.0961. The van der Waals surface area contributed by atoms with Crippen molar-refractivity contribution < 1.29 is 4.79 Å². The van der Waals surface area contributed by atoms with Crippen LogP contribution in [0.15, 0.2) is 24.5 Å². The van der Waals surface area contributed by atoms with Gasteiger partial charge in [0.25, 0.3) is 5.91 Å². The Morgan fingerprint density at radius 3 is 2.69 bits per heavy atom. The first-order valence-corrected chi connectivity index (χ1v) is 10.9. The number of hydrogen-bond acceptors (Lipinski definition) is 8. The highest BCUT2D eigenvalue weighted by molar-refractivity contribution is 5.95. The molecule has 1 amide bonds. The average molecular weight is 438 g/mol. The average Bonchev–Trinajstić information content (AvgIpc) is 3.22. The topological polar surface area (TPSA) is 126 Å². The summed E-state index contributed by atoms with van der Waals surface area (Å²) in [4.78, 5) is 28.4. The van der Waals surface area contributed by atoms with Crippen LogP contribution in [0.5, 0.6) is 0 Å². The predicted octanol–water partition coefficient (Wildman–Crippen LogP) is 1.72. The molecule has 1 fully saturated rings. The molecule has 0 bridgehead atoms. The summed E-state index contributed by atoms with van der Waals surface area (Å²) in [6.07, 6.45) is 5.34. The second-order valence-electron chi connectivity index (χ2n) is 9.15. The Balaban J connectivity index is 1.72. The van der Waals surface area contributed by atoms with Gasteiger partial charge in [-0.25, -0.2) is 0 Å². The van der Waals surface area contributed by atoms with Crippen molar-refractivity contribution in [1.82, 2.24) is 29.9 Å². The van der Waals surface area contributed by atoms with E-state index in [0.29, 0.717) is 29.7 Å². The highest BCUT2D eigenvalue weighted by atomic mass is 16.1. The van der Waals surface area contributed by atoms with E-state index in [-0.39, 0.29) is 17.4 Å². The van der Waals surface area contributed by atoms with Crippen LogP contribution < -0.4 is 21.3 Å². The molecule has 1 aliphatic rings. The lowest BCUT2D eigenvalue weighted by Gasteiger charge is -2.30. The van der Waals surface area contributed by atoms with Crippen molar-refractivity contribution in [2.24, 2.45) is 5.73 Å². The van der Waals surface area contributed by atoms with Gasteiger partial charge in [-0.2, -0.15) is 19.6 Å². The lowest BCUT2D eigenvalue weighted by Crippen LogP contribution is -2.40. The maximum Gasteiger partial charge on any atom is 0.252 e. The van der Waals surface area contributed by atoms with Crippen LogP contribution in [-0.4, -0.2) is 56.7 Å². The summed E-state index contributed by atoms with van der Waals surface area (Å²) >= 11 is 0. The van der Waals surface area contributed by atoms with E-state index in [9.17, 15) is 4.79 Å². The first-order chi connectivity index (χ1) is 15.3. The molecule has 0 aromatic carbocycles. The number of nitrogens with one attached hydrogen (secondary N) is 2. The molecule has 0 aliphatic carbocycles. The Hall–Kier alpha value is -3.27. The third-order valence-corrected chi connectivity index (χ3v) is 5.76.